The first-order chi connectivity index (χ1) is 9.04. The first-order valence-electron chi connectivity index (χ1n) is 6.38. The summed E-state index contributed by atoms with van der Waals surface area (Å²) in [6, 6.07) is 5.68. The van der Waals surface area contributed by atoms with Crippen LogP contribution in [0.2, 0.25) is 0 Å². The van der Waals surface area contributed by atoms with E-state index in [1.165, 1.54) is 0 Å². The van der Waals surface area contributed by atoms with Crippen LogP contribution in [0.1, 0.15) is 32.1 Å². The Bertz CT molecular complexity index is 500. The standard InChI is InChI=1S/C15H20N2O2/c1-15(2,3)17-10-14-12(6-8-18-14)11-19-13-5-4-7-16-9-13/h4-9,17H,10-11H2,1-3H3. The van der Waals surface area contributed by atoms with Crippen molar-refractivity contribution in [3.63, 3.8) is 0 Å². The molecule has 0 radical (unpaired) electrons. The summed E-state index contributed by atoms with van der Waals surface area (Å²) in [6.45, 7) is 7.57. The average Bonchev–Trinajstić information content (AvgIpc) is 2.82. The van der Waals surface area contributed by atoms with Crippen LogP contribution in [-0.2, 0) is 13.2 Å². The van der Waals surface area contributed by atoms with Crippen molar-refractivity contribution in [3.8, 4) is 5.75 Å². The molecule has 19 heavy (non-hydrogen) atoms. The Morgan fingerprint density at radius 2 is 2.16 bits per heavy atom. The van der Waals surface area contributed by atoms with Crippen LogP contribution in [0, 0.1) is 0 Å². The van der Waals surface area contributed by atoms with Crippen molar-refractivity contribution in [1.82, 2.24) is 10.3 Å². The molecule has 0 aliphatic rings. The van der Waals surface area contributed by atoms with Gasteiger partial charge in [-0.25, -0.2) is 0 Å². The summed E-state index contributed by atoms with van der Waals surface area (Å²) in [5.74, 6) is 1.68. The molecule has 0 saturated carbocycles. The molecular formula is C15H20N2O2. The van der Waals surface area contributed by atoms with Crippen LogP contribution >= 0.6 is 0 Å². The van der Waals surface area contributed by atoms with E-state index < -0.39 is 0 Å². The largest absolute Gasteiger partial charge is 0.487 e. The van der Waals surface area contributed by atoms with Crippen molar-refractivity contribution in [2.75, 3.05) is 0 Å². The molecule has 0 amide bonds. The number of ether oxygens (including phenoxy) is 1. The van der Waals surface area contributed by atoms with Gasteiger partial charge in [-0.1, -0.05) is 0 Å². The number of pyridine rings is 1. The summed E-state index contributed by atoms with van der Waals surface area (Å²) in [4.78, 5) is 4.01. The Hall–Kier alpha value is -1.81. The molecule has 0 aliphatic heterocycles. The van der Waals surface area contributed by atoms with Gasteiger partial charge in [0.05, 0.1) is 19.0 Å². The molecule has 102 valence electrons. The Kier molecular flexibility index (Phi) is 4.22. The van der Waals surface area contributed by atoms with Gasteiger partial charge in [-0.05, 0) is 39.0 Å². The number of nitrogens with one attached hydrogen (secondary N) is 1. The molecule has 4 heteroatoms. The molecule has 0 aromatic carbocycles. The highest BCUT2D eigenvalue weighted by molar-refractivity contribution is 5.20. The Morgan fingerprint density at radius 3 is 2.84 bits per heavy atom. The molecule has 2 heterocycles. The highest BCUT2D eigenvalue weighted by atomic mass is 16.5. The normalized spacial score (nSPS) is 11.5. The SMILES string of the molecule is CC(C)(C)NCc1occc1COc1cccnc1. The topological polar surface area (TPSA) is 47.3 Å². The minimum Gasteiger partial charge on any atom is -0.487 e. The van der Waals surface area contributed by atoms with E-state index in [4.69, 9.17) is 9.15 Å². The van der Waals surface area contributed by atoms with Gasteiger partial charge < -0.3 is 14.5 Å². The number of hydrogen-bond donors (Lipinski definition) is 1. The summed E-state index contributed by atoms with van der Waals surface area (Å²) in [5.41, 5.74) is 1.12. The van der Waals surface area contributed by atoms with Crippen LogP contribution in [-0.4, -0.2) is 10.5 Å². The summed E-state index contributed by atoms with van der Waals surface area (Å²) in [6.07, 6.45) is 5.12. The predicted molar refractivity (Wildman–Crippen MR) is 73.9 cm³/mol. The van der Waals surface area contributed by atoms with E-state index in [0.29, 0.717) is 13.2 Å². The first kappa shape index (κ1) is 13.6. The number of hydrogen-bond acceptors (Lipinski definition) is 4. The third kappa shape index (κ3) is 4.41. The van der Waals surface area contributed by atoms with E-state index >= 15 is 0 Å². The van der Waals surface area contributed by atoms with Crippen LogP contribution in [0.15, 0.2) is 41.3 Å². The average molecular weight is 260 g/mol. The van der Waals surface area contributed by atoms with Gasteiger partial charge in [-0.2, -0.15) is 0 Å². The molecule has 0 atom stereocenters. The summed E-state index contributed by atoms with van der Waals surface area (Å²) < 4.78 is 11.2. The highest BCUT2D eigenvalue weighted by Crippen LogP contribution is 2.15. The number of rotatable bonds is 5. The lowest BCUT2D eigenvalue weighted by Gasteiger charge is -2.20. The van der Waals surface area contributed by atoms with Crippen molar-refractivity contribution in [3.05, 3.63) is 48.2 Å². The molecule has 1 N–H and O–H groups in total. The van der Waals surface area contributed by atoms with Crippen LogP contribution in [0.3, 0.4) is 0 Å². The van der Waals surface area contributed by atoms with Gasteiger partial charge in [0, 0.05) is 17.3 Å². The molecule has 0 unspecified atom stereocenters. The third-order valence-corrected chi connectivity index (χ3v) is 2.65. The summed E-state index contributed by atoms with van der Waals surface area (Å²) in [5, 5.41) is 3.40. The fraction of sp³-hybridized carbons (Fsp3) is 0.400. The minimum absolute atomic E-state index is 0.0638. The number of furan rings is 1. The van der Waals surface area contributed by atoms with Crippen molar-refractivity contribution >= 4 is 0 Å². The van der Waals surface area contributed by atoms with Crippen molar-refractivity contribution < 1.29 is 9.15 Å². The van der Waals surface area contributed by atoms with Crippen molar-refractivity contribution in [2.24, 2.45) is 0 Å². The van der Waals surface area contributed by atoms with E-state index in [1.54, 1.807) is 18.7 Å². The minimum atomic E-state index is 0.0638. The second kappa shape index (κ2) is 5.89. The zero-order valence-corrected chi connectivity index (χ0v) is 11.6. The third-order valence-electron chi connectivity index (χ3n) is 2.65. The Labute approximate surface area is 113 Å². The molecule has 4 nitrogen and oxygen atoms in total. The molecule has 0 aliphatic carbocycles. The lowest BCUT2D eigenvalue weighted by molar-refractivity contribution is 0.298. The van der Waals surface area contributed by atoms with E-state index in [9.17, 15) is 0 Å². The van der Waals surface area contributed by atoms with Crippen LogP contribution in [0.4, 0.5) is 0 Å². The van der Waals surface area contributed by atoms with Crippen LogP contribution in [0.25, 0.3) is 0 Å². The Balaban J connectivity index is 1.92. The molecule has 0 fully saturated rings. The molecule has 2 aromatic heterocycles. The zero-order valence-electron chi connectivity index (χ0n) is 11.6. The fourth-order valence-corrected chi connectivity index (χ4v) is 1.59. The second-order valence-corrected chi connectivity index (χ2v) is 5.45. The van der Waals surface area contributed by atoms with Gasteiger partial charge in [-0.15, -0.1) is 0 Å². The maximum Gasteiger partial charge on any atom is 0.138 e. The monoisotopic (exact) mass is 260 g/mol. The van der Waals surface area contributed by atoms with E-state index in [1.807, 2.05) is 18.2 Å². The van der Waals surface area contributed by atoms with Gasteiger partial charge in [0.25, 0.3) is 0 Å². The number of aromatic nitrogens is 1. The maximum atomic E-state index is 5.67. The first-order valence-corrected chi connectivity index (χ1v) is 6.38. The van der Waals surface area contributed by atoms with E-state index in [2.05, 4.69) is 31.1 Å². The molecule has 2 rings (SSSR count). The van der Waals surface area contributed by atoms with Crippen LogP contribution < -0.4 is 10.1 Å². The molecule has 0 bridgehead atoms. The summed E-state index contributed by atoms with van der Waals surface area (Å²) >= 11 is 0. The molecule has 0 saturated heterocycles. The number of nitrogens with zero attached hydrogens (tertiary/aromatic N) is 1. The fourth-order valence-electron chi connectivity index (χ4n) is 1.59. The second-order valence-electron chi connectivity index (χ2n) is 5.45. The lowest BCUT2D eigenvalue weighted by Crippen LogP contribution is -2.35. The quantitative estimate of drug-likeness (QED) is 0.897. The van der Waals surface area contributed by atoms with Gasteiger partial charge >= 0.3 is 0 Å². The maximum absolute atomic E-state index is 5.67. The van der Waals surface area contributed by atoms with Crippen molar-refractivity contribution in [1.29, 1.82) is 0 Å². The molecule has 2 aromatic rings. The van der Waals surface area contributed by atoms with E-state index in [0.717, 1.165) is 17.1 Å². The Morgan fingerprint density at radius 1 is 1.32 bits per heavy atom. The lowest BCUT2D eigenvalue weighted by atomic mass is 10.1. The zero-order chi connectivity index (χ0) is 13.7. The van der Waals surface area contributed by atoms with Crippen molar-refractivity contribution in [2.45, 2.75) is 39.5 Å². The van der Waals surface area contributed by atoms with Gasteiger partial charge in [0.2, 0.25) is 0 Å². The van der Waals surface area contributed by atoms with Gasteiger partial charge in [-0.3, -0.25) is 4.98 Å². The summed E-state index contributed by atoms with van der Waals surface area (Å²) in [7, 11) is 0. The van der Waals surface area contributed by atoms with Crippen LogP contribution in [0.5, 0.6) is 5.75 Å². The molecular weight excluding hydrogens is 240 g/mol. The van der Waals surface area contributed by atoms with Gasteiger partial charge in [0.15, 0.2) is 0 Å². The smallest absolute Gasteiger partial charge is 0.138 e. The van der Waals surface area contributed by atoms with Gasteiger partial charge in [0.1, 0.15) is 18.1 Å². The highest BCUT2D eigenvalue weighted by Gasteiger charge is 2.12. The predicted octanol–water partition coefficient (Wildman–Crippen LogP) is 3.14. The molecule has 0 spiro atoms. The van der Waals surface area contributed by atoms with E-state index in [-0.39, 0.29) is 5.54 Å².